The minimum Gasteiger partial charge on any atom is -0.379 e. The maximum atomic E-state index is 12.4. The summed E-state index contributed by atoms with van der Waals surface area (Å²) in [6.45, 7) is 5.37. The number of carbonyl (C=O) groups is 1. The summed E-state index contributed by atoms with van der Waals surface area (Å²) in [6.07, 6.45) is 1.08. The zero-order valence-corrected chi connectivity index (χ0v) is 11.1. The molecule has 0 spiro atoms. The number of hydrogen-bond acceptors (Lipinski definition) is 3. The van der Waals surface area contributed by atoms with Crippen LogP contribution in [0.5, 0.6) is 0 Å². The van der Waals surface area contributed by atoms with Crippen molar-refractivity contribution in [3.05, 3.63) is 35.9 Å². The molecule has 0 aliphatic carbocycles. The number of ether oxygens (including phenoxy) is 1. The molecule has 1 aromatic carbocycles. The van der Waals surface area contributed by atoms with E-state index in [1.54, 1.807) is 0 Å². The molecule has 0 bridgehead atoms. The first-order valence-electron chi connectivity index (χ1n) is 7.01. The molecule has 4 heteroatoms. The van der Waals surface area contributed by atoms with Gasteiger partial charge in [0.05, 0.1) is 13.2 Å². The van der Waals surface area contributed by atoms with Crippen molar-refractivity contribution >= 4 is 5.91 Å². The molecule has 3 rings (SSSR count). The summed E-state index contributed by atoms with van der Waals surface area (Å²) >= 11 is 0. The summed E-state index contributed by atoms with van der Waals surface area (Å²) in [7, 11) is 0. The molecule has 2 saturated heterocycles. The maximum Gasteiger partial charge on any atom is 0.253 e. The van der Waals surface area contributed by atoms with Gasteiger partial charge >= 0.3 is 0 Å². The lowest BCUT2D eigenvalue weighted by Gasteiger charge is -2.32. The molecule has 19 heavy (non-hydrogen) atoms. The third-order valence-electron chi connectivity index (χ3n) is 4.03. The molecule has 1 atom stereocenters. The van der Waals surface area contributed by atoms with Gasteiger partial charge in [-0.25, -0.2) is 0 Å². The number of amides is 1. The molecular weight excluding hydrogens is 240 g/mol. The summed E-state index contributed by atoms with van der Waals surface area (Å²) < 4.78 is 5.38. The number of benzene rings is 1. The van der Waals surface area contributed by atoms with Crippen LogP contribution in [-0.4, -0.2) is 61.1 Å². The van der Waals surface area contributed by atoms with Gasteiger partial charge in [0.1, 0.15) is 0 Å². The molecule has 0 N–H and O–H groups in total. The van der Waals surface area contributed by atoms with E-state index in [9.17, 15) is 4.79 Å². The van der Waals surface area contributed by atoms with Crippen LogP contribution in [0.15, 0.2) is 30.3 Å². The van der Waals surface area contributed by atoms with E-state index in [1.165, 1.54) is 0 Å². The summed E-state index contributed by atoms with van der Waals surface area (Å²) in [5.74, 6) is 0.163. The molecule has 0 aromatic heterocycles. The van der Waals surface area contributed by atoms with E-state index in [-0.39, 0.29) is 5.91 Å². The smallest absolute Gasteiger partial charge is 0.253 e. The fourth-order valence-corrected chi connectivity index (χ4v) is 2.93. The second-order valence-electron chi connectivity index (χ2n) is 5.21. The molecule has 2 aliphatic rings. The van der Waals surface area contributed by atoms with Crippen LogP contribution >= 0.6 is 0 Å². The lowest BCUT2D eigenvalue weighted by molar-refractivity contribution is 0.0185. The van der Waals surface area contributed by atoms with E-state index < -0.39 is 0 Å². The lowest BCUT2D eigenvalue weighted by Crippen LogP contribution is -2.45. The Bertz CT molecular complexity index is 429. The van der Waals surface area contributed by atoms with Gasteiger partial charge in [0, 0.05) is 37.8 Å². The Morgan fingerprint density at radius 2 is 1.84 bits per heavy atom. The van der Waals surface area contributed by atoms with Crippen molar-refractivity contribution in [3.8, 4) is 0 Å². The Kier molecular flexibility index (Phi) is 3.80. The third kappa shape index (κ3) is 2.80. The van der Waals surface area contributed by atoms with Crippen LogP contribution in [0, 0.1) is 0 Å². The van der Waals surface area contributed by atoms with E-state index in [4.69, 9.17) is 4.74 Å². The molecule has 1 aromatic rings. The van der Waals surface area contributed by atoms with Crippen molar-refractivity contribution in [3.63, 3.8) is 0 Å². The molecule has 4 nitrogen and oxygen atoms in total. The second-order valence-corrected chi connectivity index (χ2v) is 5.21. The number of morpholine rings is 1. The quantitative estimate of drug-likeness (QED) is 0.802. The topological polar surface area (TPSA) is 32.8 Å². The predicted octanol–water partition coefficient (Wildman–Crippen LogP) is 1.23. The van der Waals surface area contributed by atoms with Crippen LogP contribution in [0.3, 0.4) is 0 Å². The van der Waals surface area contributed by atoms with E-state index in [0.717, 1.165) is 51.4 Å². The van der Waals surface area contributed by atoms with Crippen molar-refractivity contribution in [2.45, 2.75) is 12.5 Å². The Labute approximate surface area is 113 Å². The first-order chi connectivity index (χ1) is 9.34. The van der Waals surface area contributed by atoms with Crippen molar-refractivity contribution in [1.82, 2.24) is 9.80 Å². The first kappa shape index (κ1) is 12.6. The summed E-state index contributed by atoms with van der Waals surface area (Å²) in [4.78, 5) is 16.8. The lowest BCUT2D eigenvalue weighted by atomic mass is 10.2. The highest BCUT2D eigenvalue weighted by molar-refractivity contribution is 5.94. The Balaban J connectivity index is 1.61. The summed E-state index contributed by atoms with van der Waals surface area (Å²) in [6, 6.07) is 10.1. The van der Waals surface area contributed by atoms with Gasteiger partial charge in [-0.05, 0) is 18.6 Å². The molecular formula is C15H20N2O2. The SMILES string of the molecule is O=C(c1ccccc1)N1CCC(N2CCOCC2)C1. The normalized spacial score (nSPS) is 24.6. The van der Waals surface area contributed by atoms with Crippen LogP contribution in [0.25, 0.3) is 0 Å². The van der Waals surface area contributed by atoms with Crippen molar-refractivity contribution in [1.29, 1.82) is 0 Å². The van der Waals surface area contributed by atoms with Crippen molar-refractivity contribution in [2.24, 2.45) is 0 Å². The van der Waals surface area contributed by atoms with Gasteiger partial charge in [-0.1, -0.05) is 18.2 Å². The highest BCUT2D eigenvalue weighted by Crippen LogP contribution is 2.19. The summed E-state index contributed by atoms with van der Waals surface area (Å²) in [5, 5.41) is 0. The van der Waals surface area contributed by atoms with Crippen molar-refractivity contribution in [2.75, 3.05) is 39.4 Å². The first-order valence-corrected chi connectivity index (χ1v) is 7.01. The molecule has 102 valence electrons. The molecule has 0 saturated carbocycles. The third-order valence-corrected chi connectivity index (χ3v) is 4.03. The van der Waals surface area contributed by atoms with Crippen LogP contribution in [0.1, 0.15) is 16.8 Å². The molecule has 0 radical (unpaired) electrons. The van der Waals surface area contributed by atoms with Gasteiger partial charge in [0.15, 0.2) is 0 Å². The molecule has 1 unspecified atom stereocenters. The monoisotopic (exact) mass is 260 g/mol. The summed E-state index contributed by atoms with van der Waals surface area (Å²) in [5.41, 5.74) is 0.796. The van der Waals surface area contributed by atoms with Gasteiger partial charge in [-0.15, -0.1) is 0 Å². The zero-order valence-electron chi connectivity index (χ0n) is 11.1. The van der Waals surface area contributed by atoms with E-state index in [0.29, 0.717) is 6.04 Å². The molecule has 2 heterocycles. The number of nitrogens with zero attached hydrogens (tertiary/aromatic N) is 2. The van der Waals surface area contributed by atoms with E-state index >= 15 is 0 Å². The Morgan fingerprint density at radius 3 is 2.58 bits per heavy atom. The molecule has 2 aliphatic heterocycles. The van der Waals surface area contributed by atoms with Crippen LogP contribution in [0.4, 0.5) is 0 Å². The fourth-order valence-electron chi connectivity index (χ4n) is 2.93. The van der Waals surface area contributed by atoms with Crippen LogP contribution in [-0.2, 0) is 4.74 Å². The van der Waals surface area contributed by atoms with Crippen LogP contribution in [0.2, 0.25) is 0 Å². The van der Waals surface area contributed by atoms with Gasteiger partial charge in [-0.2, -0.15) is 0 Å². The van der Waals surface area contributed by atoms with E-state index in [1.807, 2.05) is 35.2 Å². The van der Waals surface area contributed by atoms with Gasteiger partial charge in [0.2, 0.25) is 0 Å². The highest BCUT2D eigenvalue weighted by atomic mass is 16.5. The number of hydrogen-bond donors (Lipinski definition) is 0. The van der Waals surface area contributed by atoms with Crippen molar-refractivity contribution < 1.29 is 9.53 Å². The van der Waals surface area contributed by atoms with Gasteiger partial charge in [0.25, 0.3) is 5.91 Å². The standard InChI is InChI=1S/C15H20N2O2/c18-15(13-4-2-1-3-5-13)17-7-6-14(12-17)16-8-10-19-11-9-16/h1-5,14H,6-12H2. The fraction of sp³-hybridized carbons (Fsp3) is 0.533. The maximum absolute atomic E-state index is 12.4. The van der Waals surface area contributed by atoms with Crippen LogP contribution < -0.4 is 0 Å². The highest BCUT2D eigenvalue weighted by Gasteiger charge is 2.31. The predicted molar refractivity (Wildman–Crippen MR) is 73.1 cm³/mol. The minimum absolute atomic E-state index is 0.163. The van der Waals surface area contributed by atoms with Gasteiger partial charge < -0.3 is 9.64 Å². The average Bonchev–Trinajstić information content (AvgIpc) is 2.98. The van der Waals surface area contributed by atoms with Gasteiger partial charge in [-0.3, -0.25) is 9.69 Å². The Morgan fingerprint density at radius 1 is 1.11 bits per heavy atom. The largest absolute Gasteiger partial charge is 0.379 e. The second kappa shape index (κ2) is 5.72. The molecule has 2 fully saturated rings. The number of carbonyl (C=O) groups excluding carboxylic acids is 1. The zero-order chi connectivity index (χ0) is 13.1. The Hall–Kier alpha value is -1.39. The van der Waals surface area contributed by atoms with E-state index in [2.05, 4.69) is 4.90 Å². The minimum atomic E-state index is 0.163. The molecule has 1 amide bonds. The number of likely N-dealkylation sites (tertiary alicyclic amines) is 1. The average molecular weight is 260 g/mol. The number of rotatable bonds is 2.